The van der Waals surface area contributed by atoms with Crippen molar-refractivity contribution in [2.45, 2.75) is 84.6 Å². The van der Waals surface area contributed by atoms with E-state index in [9.17, 15) is 43.1 Å². The van der Waals surface area contributed by atoms with Gasteiger partial charge in [0.05, 0.1) is 12.5 Å². The van der Waals surface area contributed by atoms with Crippen molar-refractivity contribution < 1.29 is 47.4 Å². The van der Waals surface area contributed by atoms with Crippen LogP contribution < -0.4 is 27.0 Å². The Labute approximate surface area is 352 Å². The number of benzene rings is 2. The number of hydrogen-bond acceptors (Lipinski definition) is 8. The number of rotatable bonds is 19. The Bertz CT molecular complexity index is 2130. The normalized spacial score (nSPS) is 14.3. The maximum atomic E-state index is 15.1. The van der Waals surface area contributed by atoms with Crippen molar-refractivity contribution in [3.63, 3.8) is 0 Å². The Kier molecular flexibility index (Phi) is 15.7. The lowest BCUT2D eigenvalue weighted by Crippen LogP contribution is -2.60. The predicted molar refractivity (Wildman–Crippen MR) is 221 cm³/mol. The van der Waals surface area contributed by atoms with E-state index in [1.54, 1.807) is 12.3 Å². The van der Waals surface area contributed by atoms with Crippen LogP contribution in [-0.4, -0.2) is 105 Å². The van der Waals surface area contributed by atoms with Gasteiger partial charge in [-0.3, -0.25) is 38.6 Å². The van der Waals surface area contributed by atoms with Crippen molar-refractivity contribution in [3.05, 3.63) is 95.8 Å². The Hall–Kier alpha value is -6.43. The number of nitrogens with zero attached hydrogens (tertiary/aromatic N) is 3. The maximum absolute atomic E-state index is 15.1. The van der Waals surface area contributed by atoms with E-state index in [1.165, 1.54) is 20.8 Å². The number of halogens is 2. The highest BCUT2D eigenvalue weighted by Crippen LogP contribution is 2.37. The Morgan fingerprint density at radius 2 is 1.49 bits per heavy atom. The Morgan fingerprint density at radius 3 is 2.08 bits per heavy atom. The van der Waals surface area contributed by atoms with E-state index < -0.39 is 95.2 Å². The fourth-order valence-electron chi connectivity index (χ4n) is 6.99. The number of aromatic nitrogens is 1. The Morgan fingerprint density at radius 1 is 0.852 bits per heavy atom. The molecule has 328 valence electrons. The minimum Gasteiger partial charge on any atom is -0.465 e. The zero-order chi connectivity index (χ0) is 45.2. The van der Waals surface area contributed by atoms with Crippen molar-refractivity contribution in [2.24, 2.45) is 11.1 Å². The van der Waals surface area contributed by atoms with Crippen molar-refractivity contribution >= 4 is 41.5 Å². The van der Waals surface area contributed by atoms with Gasteiger partial charge in [-0.2, -0.15) is 0 Å². The van der Waals surface area contributed by atoms with E-state index in [2.05, 4.69) is 21.3 Å². The third kappa shape index (κ3) is 13.0. The first kappa shape index (κ1) is 47.3. The summed E-state index contributed by atoms with van der Waals surface area (Å²) in [4.78, 5) is 89.8. The van der Waals surface area contributed by atoms with Crippen molar-refractivity contribution in [1.82, 2.24) is 35.6 Å². The van der Waals surface area contributed by atoms with Crippen LogP contribution >= 0.6 is 0 Å². The van der Waals surface area contributed by atoms with Gasteiger partial charge in [0.15, 0.2) is 0 Å². The lowest BCUT2D eigenvalue weighted by Gasteiger charge is -2.38. The van der Waals surface area contributed by atoms with Crippen molar-refractivity contribution in [2.75, 3.05) is 26.2 Å². The van der Waals surface area contributed by atoms with Crippen LogP contribution in [0.2, 0.25) is 0 Å². The molecule has 0 unspecified atom stereocenters. The SMILES string of the molecule is CC(C)(C)[C@@H](NCC[C@H](NC(=O)[C@H](CC(N)=O)N(C(=O)O)C(C)(C)C)C(=O)NCCNC(=O)CN1C(=O)C=CC1=O)c1cc(-c2cc(F)ccc2F)cn1Cc1ccccc1. The van der Waals surface area contributed by atoms with Crippen LogP contribution in [0.4, 0.5) is 13.6 Å². The molecule has 0 bridgehead atoms. The lowest BCUT2D eigenvalue weighted by molar-refractivity contribution is -0.141. The van der Waals surface area contributed by atoms with Gasteiger partial charge < -0.3 is 36.7 Å². The number of carbonyl (C=O) groups excluding carboxylic acids is 6. The van der Waals surface area contributed by atoms with Gasteiger partial charge in [-0.15, -0.1) is 0 Å². The first-order chi connectivity index (χ1) is 28.6. The largest absolute Gasteiger partial charge is 0.465 e. The molecular formula is C43H54F2N8O8. The second-order valence-corrected chi connectivity index (χ2v) is 16.7. The van der Waals surface area contributed by atoms with Gasteiger partial charge in [0.1, 0.15) is 30.3 Å². The molecule has 18 heteroatoms. The number of carbonyl (C=O) groups is 7. The highest BCUT2D eigenvalue weighted by atomic mass is 19.1. The number of hydrogen-bond donors (Lipinski definition) is 6. The minimum absolute atomic E-state index is 0.0701. The highest BCUT2D eigenvalue weighted by Gasteiger charge is 2.40. The third-order valence-electron chi connectivity index (χ3n) is 9.83. The molecule has 1 aromatic heterocycles. The van der Waals surface area contributed by atoms with Crippen LogP contribution in [-0.2, 0) is 35.3 Å². The molecule has 2 aromatic carbocycles. The molecule has 3 atom stereocenters. The average molecular weight is 849 g/mol. The van der Waals surface area contributed by atoms with Crippen molar-refractivity contribution in [3.8, 4) is 11.1 Å². The maximum Gasteiger partial charge on any atom is 0.408 e. The summed E-state index contributed by atoms with van der Waals surface area (Å²) in [5.74, 6) is -5.76. The van der Waals surface area contributed by atoms with Gasteiger partial charge in [0.2, 0.25) is 23.6 Å². The fraction of sp³-hybridized carbons (Fsp3) is 0.419. The first-order valence-corrected chi connectivity index (χ1v) is 19.7. The summed E-state index contributed by atoms with van der Waals surface area (Å²) in [6, 6.07) is 11.1. The van der Waals surface area contributed by atoms with Crippen LogP contribution in [0, 0.1) is 17.0 Å². The van der Waals surface area contributed by atoms with E-state index in [0.29, 0.717) is 17.8 Å². The quantitative estimate of drug-likeness (QED) is 0.0769. The van der Waals surface area contributed by atoms with Crippen LogP contribution in [0.3, 0.4) is 0 Å². The van der Waals surface area contributed by atoms with E-state index in [-0.39, 0.29) is 31.6 Å². The zero-order valence-electron chi connectivity index (χ0n) is 35.1. The van der Waals surface area contributed by atoms with Gasteiger partial charge in [0.25, 0.3) is 11.8 Å². The topological polar surface area (TPSA) is 225 Å². The number of amides is 7. The summed E-state index contributed by atoms with van der Waals surface area (Å²) >= 11 is 0. The number of primary amides is 1. The summed E-state index contributed by atoms with van der Waals surface area (Å²) in [5, 5.41) is 21.3. The smallest absolute Gasteiger partial charge is 0.408 e. The van der Waals surface area contributed by atoms with Crippen LogP contribution in [0.15, 0.2) is 72.9 Å². The predicted octanol–water partition coefficient (Wildman–Crippen LogP) is 3.21. The lowest BCUT2D eigenvalue weighted by atomic mass is 9.84. The standard InChI is InChI=1S/C43H54F2N8O8/c1-42(2,3)38(32-20-27(29-21-28(44)12-13-30(29)45)24-51(32)23-26-10-8-7-9-11-26)48-17-16-31(50-40(59)33(22-34(46)54)53(41(60)61)43(4,5)6)39(58)49-19-18-47-35(55)25-52-36(56)14-15-37(52)57/h7-15,20-21,24,31,33,38,48H,16-19,22-23,25H2,1-6H3,(H2,46,54)(H,47,55)(H,49,58)(H,50,59)(H,60,61)/t31-,33-,38-/m0/s1. The monoisotopic (exact) mass is 848 g/mol. The van der Waals surface area contributed by atoms with Crippen LogP contribution in [0.25, 0.3) is 11.1 Å². The summed E-state index contributed by atoms with van der Waals surface area (Å²) < 4.78 is 31.4. The van der Waals surface area contributed by atoms with Gasteiger partial charge in [0, 0.05) is 60.3 Å². The van der Waals surface area contributed by atoms with E-state index in [0.717, 1.165) is 45.7 Å². The third-order valence-corrected chi connectivity index (χ3v) is 9.83. The number of nitrogens with two attached hydrogens (primary N) is 1. The van der Waals surface area contributed by atoms with Crippen LogP contribution in [0.1, 0.15) is 71.7 Å². The number of carboxylic acid groups (broad SMARTS) is 1. The molecule has 0 fully saturated rings. The second kappa shape index (κ2) is 20.2. The van der Waals surface area contributed by atoms with Crippen LogP contribution in [0.5, 0.6) is 0 Å². The van der Waals surface area contributed by atoms with E-state index >= 15 is 4.39 Å². The summed E-state index contributed by atoms with van der Waals surface area (Å²) in [5.41, 5.74) is 5.94. The van der Waals surface area contributed by atoms with Gasteiger partial charge in [-0.1, -0.05) is 51.1 Å². The molecule has 4 rings (SSSR count). The molecule has 0 saturated carbocycles. The highest BCUT2D eigenvalue weighted by molar-refractivity contribution is 6.14. The molecule has 7 amide bonds. The molecule has 0 saturated heterocycles. The molecule has 1 aliphatic rings. The first-order valence-electron chi connectivity index (χ1n) is 19.7. The summed E-state index contributed by atoms with van der Waals surface area (Å²) in [7, 11) is 0. The van der Waals surface area contributed by atoms with E-state index in [4.69, 9.17) is 5.73 Å². The van der Waals surface area contributed by atoms with E-state index in [1.807, 2.05) is 55.7 Å². The molecule has 0 spiro atoms. The molecule has 7 N–H and O–H groups in total. The van der Waals surface area contributed by atoms with Gasteiger partial charge in [-0.25, -0.2) is 13.6 Å². The molecule has 0 radical (unpaired) electrons. The zero-order valence-corrected chi connectivity index (χ0v) is 35.1. The minimum atomic E-state index is -1.60. The summed E-state index contributed by atoms with van der Waals surface area (Å²) in [6.45, 7) is 10.2. The molecule has 0 aliphatic carbocycles. The molecular weight excluding hydrogens is 795 g/mol. The molecule has 61 heavy (non-hydrogen) atoms. The van der Waals surface area contributed by atoms with Gasteiger partial charge >= 0.3 is 6.09 Å². The van der Waals surface area contributed by atoms with Gasteiger partial charge in [-0.05, 0) is 69.0 Å². The second-order valence-electron chi connectivity index (χ2n) is 16.7. The molecule has 16 nitrogen and oxygen atoms in total. The average Bonchev–Trinajstić information content (AvgIpc) is 3.71. The molecule has 1 aliphatic heterocycles. The van der Waals surface area contributed by atoms with Crippen molar-refractivity contribution in [1.29, 1.82) is 0 Å². The number of imide groups is 1. The summed E-state index contributed by atoms with van der Waals surface area (Å²) in [6.07, 6.45) is 1.59. The fourth-order valence-corrected chi connectivity index (χ4v) is 6.99. The molecule has 3 aromatic rings. The number of nitrogens with one attached hydrogen (secondary N) is 4. The Balaban J connectivity index is 1.60. The molecule has 2 heterocycles.